The van der Waals surface area contributed by atoms with E-state index in [9.17, 15) is 19.1 Å². The molecule has 0 spiro atoms. The van der Waals surface area contributed by atoms with Gasteiger partial charge in [0, 0.05) is 6.07 Å². The monoisotopic (exact) mass is 339 g/mol. The maximum Gasteiger partial charge on any atom is 0.337 e. The second-order valence-corrected chi connectivity index (χ2v) is 4.85. The number of ether oxygens (including phenoxy) is 1. The molecule has 0 aliphatic rings. The van der Waals surface area contributed by atoms with Crippen LogP contribution in [-0.2, 0) is 4.79 Å². The van der Waals surface area contributed by atoms with Crippen LogP contribution in [0.2, 0.25) is 5.02 Å². The van der Waals surface area contributed by atoms with Gasteiger partial charge in [0.2, 0.25) is 0 Å². The van der Waals surface area contributed by atoms with Crippen molar-refractivity contribution in [3.8, 4) is 11.5 Å². The smallest absolute Gasteiger partial charge is 0.337 e. The normalized spacial score (nSPS) is 10.2. The number of aromatic carboxylic acids is 1. The molecule has 0 atom stereocenters. The van der Waals surface area contributed by atoms with Gasteiger partial charge >= 0.3 is 5.97 Å². The van der Waals surface area contributed by atoms with Crippen LogP contribution < -0.4 is 10.1 Å². The van der Waals surface area contributed by atoms with Crippen LogP contribution in [0, 0.1) is 5.82 Å². The summed E-state index contributed by atoms with van der Waals surface area (Å²) in [6, 6.07) is 6.93. The molecule has 2 aromatic carbocycles. The van der Waals surface area contributed by atoms with Crippen LogP contribution in [0.1, 0.15) is 10.4 Å². The van der Waals surface area contributed by atoms with Crippen LogP contribution in [-0.4, -0.2) is 28.7 Å². The van der Waals surface area contributed by atoms with Crippen LogP contribution in [0.4, 0.5) is 10.1 Å². The molecule has 0 bridgehead atoms. The fourth-order valence-corrected chi connectivity index (χ4v) is 1.91. The summed E-state index contributed by atoms with van der Waals surface area (Å²) in [6.45, 7) is -0.497. The summed E-state index contributed by atoms with van der Waals surface area (Å²) >= 11 is 5.80. The molecular weight excluding hydrogens is 329 g/mol. The molecule has 0 saturated carbocycles. The summed E-state index contributed by atoms with van der Waals surface area (Å²) in [7, 11) is 0. The van der Waals surface area contributed by atoms with Crippen molar-refractivity contribution in [2.45, 2.75) is 0 Å². The summed E-state index contributed by atoms with van der Waals surface area (Å²) in [5.74, 6) is -2.81. The third kappa shape index (κ3) is 4.33. The summed E-state index contributed by atoms with van der Waals surface area (Å²) < 4.78 is 18.2. The first-order valence-electron chi connectivity index (χ1n) is 6.31. The number of aromatic hydroxyl groups is 1. The molecule has 0 saturated heterocycles. The molecule has 1 amide bonds. The number of hydrogen-bond acceptors (Lipinski definition) is 4. The van der Waals surface area contributed by atoms with Crippen molar-refractivity contribution in [2.75, 3.05) is 11.9 Å². The highest BCUT2D eigenvalue weighted by atomic mass is 35.5. The molecule has 23 heavy (non-hydrogen) atoms. The van der Waals surface area contributed by atoms with Gasteiger partial charge in [0.1, 0.15) is 17.3 Å². The minimum absolute atomic E-state index is 0.00533. The molecule has 0 radical (unpaired) electrons. The first kappa shape index (κ1) is 16.6. The van der Waals surface area contributed by atoms with E-state index >= 15 is 0 Å². The van der Waals surface area contributed by atoms with E-state index in [-0.39, 0.29) is 27.8 Å². The minimum atomic E-state index is -1.31. The second-order valence-electron chi connectivity index (χ2n) is 4.45. The molecule has 0 unspecified atom stereocenters. The molecule has 0 aromatic heterocycles. The number of phenols is 1. The molecule has 8 heteroatoms. The zero-order chi connectivity index (χ0) is 17.0. The van der Waals surface area contributed by atoms with E-state index in [4.69, 9.17) is 21.4 Å². The first-order valence-corrected chi connectivity index (χ1v) is 6.68. The number of anilines is 1. The Balaban J connectivity index is 2.06. The lowest BCUT2D eigenvalue weighted by Gasteiger charge is -2.10. The molecule has 6 nitrogen and oxygen atoms in total. The average Bonchev–Trinajstić information content (AvgIpc) is 2.49. The fraction of sp³-hybridized carbons (Fsp3) is 0.0667. The summed E-state index contributed by atoms with van der Waals surface area (Å²) in [4.78, 5) is 22.9. The number of carboxylic acid groups (broad SMARTS) is 1. The molecule has 0 fully saturated rings. The fourth-order valence-electron chi connectivity index (χ4n) is 1.74. The van der Waals surface area contributed by atoms with Crippen LogP contribution in [0.3, 0.4) is 0 Å². The summed E-state index contributed by atoms with van der Waals surface area (Å²) in [5, 5.41) is 20.8. The van der Waals surface area contributed by atoms with E-state index in [2.05, 4.69) is 5.32 Å². The van der Waals surface area contributed by atoms with Crippen molar-refractivity contribution in [2.24, 2.45) is 0 Å². The number of nitrogens with one attached hydrogen (secondary N) is 1. The number of rotatable bonds is 5. The van der Waals surface area contributed by atoms with Gasteiger partial charge in [0.25, 0.3) is 5.91 Å². The van der Waals surface area contributed by atoms with Crippen molar-refractivity contribution in [3.05, 3.63) is 52.8 Å². The average molecular weight is 340 g/mol. The number of benzene rings is 2. The molecule has 0 aliphatic carbocycles. The quantitative estimate of drug-likeness (QED) is 0.728. The van der Waals surface area contributed by atoms with Gasteiger partial charge in [-0.05, 0) is 30.3 Å². The van der Waals surface area contributed by atoms with Gasteiger partial charge in [-0.25, -0.2) is 9.18 Å². The van der Waals surface area contributed by atoms with Gasteiger partial charge < -0.3 is 20.3 Å². The molecule has 2 aromatic rings. The van der Waals surface area contributed by atoms with E-state index in [1.54, 1.807) is 0 Å². The van der Waals surface area contributed by atoms with Gasteiger partial charge in [-0.1, -0.05) is 11.6 Å². The Morgan fingerprint density at radius 2 is 1.96 bits per heavy atom. The largest absolute Gasteiger partial charge is 0.508 e. The number of phenolic OH excluding ortho intramolecular Hbond substituents is 1. The van der Waals surface area contributed by atoms with Gasteiger partial charge in [0.05, 0.1) is 16.3 Å². The van der Waals surface area contributed by atoms with E-state index in [1.165, 1.54) is 18.2 Å². The molecular formula is C15H11ClFNO5. The summed E-state index contributed by atoms with van der Waals surface area (Å²) in [5.41, 5.74) is -0.281. The van der Waals surface area contributed by atoms with Gasteiger partial charge in [0.15, 0.2) is 6.61 Å². The van der Waals surface area contributed by atoms with Crippen LogP contribution in [0.15, 0.2) is 36.4 Å². The summed E-state index contributed by atoms with van der Waals surface area (Å²) in [6.07, 6.45) is 0. The number of carbonyl (C=O) groups is 2. The zero-order valence-electron chi connectivity index (χ0n) is 11.5. The third-order valence-corrected chi connectivity index (χ3v) is 3.07. The van der Waals surface area contributed by atoms with Crippen molar-refractivity contribution in [3.63, 3.8) is 0 Å². The van der Waals surface area contributed by atoms with E-state index in [0.717, 1.165) is 18.2 Å². The highest BCUT2D eigenvalue weighted by Gasteiger charge is 2.14. The maximum atomic E-state index is 13.1. The van der Waals surface area contributed by atoms with Gasteiger partial charge in [-0.3, -0.25) is 4.79 Å². The van der Waals surface area contributed by atoms with Crippen molar-refractivity contribution >= 4 is 29.2 Å². The van der Waals surface area contributed by atoms with Gasteiger partial charge in [-0.2, -0.15) is 0 Å². The number of carboxylic acids is 1. The van der Waals surface area contributed by atoms with Crippen molar-refractivity contribution < 1.29 is 28.9 Å². The second kappa shape index (κ2) is 6.97. The minimum Gasteiger partial charge on any atom is -0.508 e. The highest BCUT2D eigenvalue weighted by Crippen LogP contribution is 2.25. The molecule has 2 rings (SSSR count). The van der Waals surface area contributed by atoms with E-state index < -0.39 is 24.3 Å². The molecule has 0 heterocycles. The lowest BCUT2D eigenvalue weighted by molar-refractivity contribution is -0.118. The predicted octanol–water partition coefficient (Wildman–Crippen LogP) is 2.90. The Morgan fingerprint density at radius 1 is 1.22 bits per heavy atom. The van der Waals surface area contributed by atoms with E-state index in [1.807, 2.05) is 0 Å². The van der Waals surface area contributed by atoms with Crippen LogP contribution in [0.25, 0.3) is 0 Å². The SMILES string of the molecule is O=C(COc1cc(F)ccc1Cl)Nc1ccc(O)cc1C(=O)O. The van der Waals surface area contributed by atoms with E-state index in [0.29, 0.717) is 0 Å². The predicted molar refractivity (Wildman–Crippen MR) is 80.6 cm³/mol. The number of carbonyl (C=O) groups excluding carboxylic acids is 1. The first-order chi connectivity index (χ1) is 10.9. The lowest BCUT2D eigenvalue weighted by Crippen LogP contribution is -2.21. The Labute approximate surface area is 135 Å². The molecule has 3 N–H and O–H groups in total. The number of hydrogen-bond donors (Lipinski definition) is 3. The molecule has 0 aliphatic heterocycles. The Hall–Kier alpha value is -2.80. The van der Waals surface area contributed by atoms with Crippen molar-refractivity contribution in [1.82, 2.24) is 0 Å². The standard InChI is InChI=1S/C15H11ClFNO5/c16-11-3-1-8(17)5-13(11)23-7-14(20)18-12-4-2-9(19)6-10(12)15(21)22/h1-6,19H,7H2,(H,18,20)(H,21,22). The Morgan fingerprint density at radius 3 is 2.65 bits per heavy atom. The number of amides is 1. The Kier molecular flexibility index (Phi) is 5.02. The van der Waals surface area contributed by atoms with Gasteiger partial charge in [-0.15, -0.1) is 0 Å². The molecule has 120 valence electrons. The maximum absolute atomic E-state index is 13.1. The Bertz CT molecular complexity index is 766. The third-order valence-electron chi connectivity index (χ3n) is 2.76. The van der Waals surface area contributed by atoms with Crippen LogP contribution in [0.5, 0.6) is 11.5 Å². The topological polar surface area (TPSA) is 95.9 Å². The number of halogens is 2. The lowest BCUT2D eigenvalue weighted by atomic mass is 10.1. The van der Waals surface area contributed by atoms with Crippen LogP contribution >= 0.6 is 11.6 Å². The highest BCUT2D eigenvalue weighted by molar-refractivity contribution is 6.32. The zero-order valence-corrected chi connectivity index (χ0v) is 12.3. The van der Waals surface area contributed by atoms with Crippen molar-refractivity contribution in [1.29, 1.82) is 0 Å².